The van der Waals surface area contributed by atoms with Crippen molar-refractivity contribution in [1.82, 2.24) is 0 Å². The normalized spacial score (nSPS) is 18.0. The number of carbonyl (C=O) groups is 1. The number of fused-ring (bicyclic) bond motifs is 3. The third-order valence-corrected chi connectivity index (χ3v) is 6.65. The van der Waals surface area contributed by atoms with Gasteiger partial charge in [-0.3, -0.25) is 0 Å². The van der Waals surface area contributed by atoms with Gasteiger partial charge in [-0.2, -0.15) is 0 Å². The van der Waals surface area contributed by atoms with Crippen LogP contribution in [0, 0.1) is 0 Å². The first-order valence-corrected chi connectivity index (χ1v) is 13.1. The lowest BCUT2D eigenvalue weighted by molar-refractivity contribution is -0.205. The van der Waals surface area contributed by atoms with Crippen molar-refractivity contribution in [3.05, 3.63) is 59.7 Å². The van der Waals surface area contributed by atoms with Gasteiger partial charge in [-0.15, -0.1) is 0 Å². The molecule has 6 heteroatoms. The highest BCUT2D eigenvalue weighted by atomic mass is 16.7. The van der Waals surface area contributed by atoms with Gasteiger partial charge >= 0.3 is 6.16 Å². The molecule has 2 atom stereocenters. The summed E-state index contributed by atoms with van der Waals surface area (Å²) in [5.41, 5.74) is 4.74. The summed E-state index contributed by atoms with van der Waals surface area (Å²) < 4.78 is 28.6. The van der Waals surface area contributed by atoms with Gasteiger partial charge in [0.15, 0.2) is 6.29 Å². The van der Waals surface area contributed by atoms with E-state index >= 15 is 0 Å². The lowest BCUT2D eigenvalue weighted by Gasteiger charge is -2.27. The first kappa shape index (κ1) is 25.7. The summed E-state index contributed by atoms with van der Waals surface area (Å²) in [5, 5.41) is 0. The van der Waals surface area contributed by atoms with Crippen LogP contribution in [0.15, 0.2) is 48.5 Å². The van der Waals surface area contributed by atoms with Crippen LogP contribution in [0.4, 0.5) is 4.79 Å². The molecule has 0 N–H and O–H groups in total. The molecule has 35 heavy (non-hydrogen) atoms. The second-order valence-electron chi connectivity index (χ2n) is 9.29. The quantitative estimate of drug-likeness (QED) is 0.241. The Balaban J connectivity index is 1.26. The Morgan fingerprint density at radius 3 is 2.37 bits per heavy atom. The fourth-order valence-electron chi connectivity index (χ4n) is 4.80. The highest BCUT2D eigenvalue weighted by Crippen LogP contribution is 2.44. The topological polar surface area (TPSA) is 63.2 Å². The van der Waals surface area contributed by atoms with Crippen molar-refractivity contribution in [2.24, 2.45) is 0 Å². The van der Waals surface area contributed by atoms with Crippen LogP contribution >= 0.6 is 0 Å². The van der Waals surface area contributed by atoms with Crippen molar-refractivity contribution in [2.45, 2.75) is 70.2 Å². The summed E-state index contributed by atoms with van der Waals surface area (Å²) in [6.45, 7) is 4.24. The van der Waals surface area contributed by atoms with Crippen molar-refractivity contribution in [3.8, 4) is 11.1 Å². The highest BCUT2D eigenvalue weighted by Gasteiger charge is 2.29. The van der Waals surface area contributed by atoms with Gasteiger partial charge in [0.25, 0.3) is 0 Å². The summed E-state index contributed by atoms with van der Waals surface area (Å²) in [7, 11) is 0. The zero-order valence-corrected chi connectivity index (χ0v) is 20.8. The second-order valence-corrected chi connectivity index (χ2v) is 9.29. The Kier molecular flexibility index (Phi) is 9.99. The summed E-state index contributed by atoms with van der Waals surface area (Å²) in [4.78, 5) is 12.5. The Hall–Kier alpha value is -2.41. The maximum atomic E-state index is 12.5. The van der Waals surface area contributed by atoms with Gasteiger partial charge in [0.05, 0.1) is 6.61 Å². The minimum Gasteiger partial charge on any atom is -0.433 e. The van der Waals surface area contributed by atoms with Crippen LogP contribution in [0.2, 0.25) is 0 Å². The minimum absolute atomic E-state index is 0.00379. The van der Waals surface area contributed by atoms with Gasteiger partial charge in [-0.05, 0) is 47.9 Å². The molecule has 6 nitrogen and oxygen atoms in total. The Bertz CT molecular complexity index is 877. The van der Waals surface area contributed by atoms with Crippen molar-refractivity contribution in [2.75, 3.05) is 33.0 Å². The lowest BCUT2D eigenvalue weighted by Crippen LogP contribution is -2.34. The molecule has 1 heterocycles. The molecular weight excluding hydrogens is 444 g/mol. The first-order valence-electron chi connectivity index (χ1n) is 13.1. The predicted octanol–water partition coefficient (Wildman–Crippen LogP) is 6.46. The standard InChI is InChI=1S/C29H38O6/c1-2-3-4-10-17-31-19-22(35-28-16-9-11-18-32-28)20-33-29(30)34-21-27-25-14-7-5-12-23(25)24-13-6-8-15-26(24)27/h5-8,12-15,22,27-28H,2-4,9-11,16-21H2,1H3. The fourth-order valence-corrected chi connectivity index (χ4v) is 4.80. The van der Waals surface area contributed by atoms with E-state index in [1.54, 1.807) is 0 Å². The lowest BCUT2D eigenvalue weighted by atomic mass is 9.98. The fraction of sp³-hybridized carbons (Fsp3) is 0.552. The number of hydrogen-bond acceptors (Lipinski definition) is 6. The molecule has 2 aliphatic rings. The summed E-state index contributed by atoms with van der Waals surface area (Å²) in [6, 6.07) is 16.5. The zero-order valence-electron chi connectivity index (χ0n) is 20.8. The molecule has 1 fully saturated rings. The summed E-state index contributed by atoms with van der Waals surface area (Å²) >= 11 is 0. The molecule has 0 amide bonds. The van der Waals surface area contributed by atoms with E-state index in [1.807, 2.05) is 24.3 Å². The third kappa shape index (κ3) is 7.29. The molecule has 0 saturated carbocycles. The maximum Gasteiger partial charge on any atom is 0.508 e. The van der Waals surface area contributed by atoms with E-state index in [0.717, 1.165) is 32.1 Å². The van der Waals surface area contributed by atoms with E-state index in [-0.39, 0.29) is 31.5 Å². The smallest absolute Gasteiger partial charge is 0.433 e. The van der Waals surface area contributed by atoms with Crippen LogP contribution < -0.4 is 0 Å². The van der Waals surface area contributed by atoms with Crippen LogP contribution in [0.25, 0.3) is 11.1 Å². The van der Waals surface area contributed by atoms with E-state index in [4.69, 9.17) is 23.7 Å². The number of hydrogen-bond donors (Lipinski definition) is 0. The van der Waals surface area contributed by atoms with Gasteiger partial charge in [0, 0.05) is 19.1 Å². The van der Waals surface area contributed by atoms with Crippen LogP contribution in [0.3, 0.4) is 0 Å². The molecule has 2 aromatic carbocycles. The monoisotopic (exact) mass is 482 g/mol. The molecule has 1 aliphatic carbocycles. The zero-order chi connectivity index (χ0) is 24.3. The van der Waals surface area contributed by atoms with Crippen LogP contribution in [-0.2, 0) is 23.7 Å². The third-order valence-electron chi connectivity index (χ3n) is 6.65. The molecule has 1 saturated heterocycles. The molecule has 0 radical (unpaired) electrons. The molecule has 2 unspecified atom stereocenters. The average molecular weight is 483 g/mol. The van der Waals surface area contributed by atoms with Crippen LogP contribution in [-0.4, -0.2) is 51.6 Å². The molecule has 0 spiro atoms. The van der Waals surface area contributed by atoms with Gasteiger partial charge in [0.1, 0.15) is 19.3 Å². The molecule has 4 rings (SSSR count). The van der Waals surface area contributed by atoms with E-state index < -0.39 is 6.16 Å². The SMILES string of the molecule is CCCCCCOCC(COC(=O)OCC1c2ccccc2-c2ccccc21)OC1CCCCO1. The maximum absolute atomic E-state index is 12.5. The van der Waals surface area contributed by atoms with Crippen LogP contribution in [0.1, 0.15) is 68.9 Å². The van der Waals surface area contributed by atoms with Gasteiger partial charge in [0.2, 0.25) is 0 Å². The largest absolute Gasteiger partial charge is 0.508 e. The van der Waals surface area contributed by atoms with Crippen LogP contribution in [0.5, 0.6) is 0 Å². The van der Waals surface area contributed by atoms with Crippen molar-refractivity contribution in [1.29, 1.82) is 0 Å². The Morgan fingerprint density at radius 1 is 0.943 bits per heavy atom. The molecular formula is C29H38O6. The highest BCUT2D eigenvalue weighted by molar-refractivity contribution is 5.78. The van der Waals surface area contributed by atoms with E-state index in [1.165, 1.54) is 35.1 Å². The minimum atomic E-state index is -0.687. The predicted molar refractivity (Wildman–Crippen MR) is 134 cm³/mol. The number of unbranched alkanes of at least 4 members (excludes halogenated alkanes) is 3. The average Bonchev–Trinajstić information content (AvgIpc) is 3.22. The molecule has 190 valence electrons. The number of benzene rings is 2. The summed E-state index contributed by atoms with van der Waals surface area (Å²) in [5.74, 6) is 0.00379. The summed E-state index contributed by atoms with van der Waals surface area (Å²) in [6.07, 6.45) is 6.21. The van der Waals surface area contributed by atoms with E-state index in [9.17, 15) is 4.79 Å². The molecule has 0 bridgehead atoms. The van der Waals surface area contributed by atoms with Crippen molar-refractivity contribution >= 4 is 6.16 Å². The van der Waals surface area contributed by atoms with E-state index in [0.29, 0.717) is 19.8 Å². The number of rotatable bonds is 13. The Labute approximate surface area is 208 Å². The second kappa shape index (κ2) is 13.6. The first-order chi connectivity index (χ1) is 17.3. The van der Waals surface area contributed by atoms with Gasteiger partial charge in [-0.25, -0.2) is 4.79 Å². The molecule has 0 aromatic heterocycles. The number of ether oxygens (including phenoxy) is 5. The Morgan fingerprint density at radius 2 is 1.69 bits per heavy atom. The van der Waals surface area contributed by atoms with Gasteiger partial charge < -0.3 is 23.7 Å². The molecule has 2 aromatic rings. The van der Waals surface area contributed by atoms with Crippen molar-refractivity contribution < 1.29 is 28.5 Å². The number of carbonyl (C=O) groups excluding carboxylic acids is 1. The van der Waals surface area contributed by atoms with Crippen molar-refractivity contribution in [3.63, 3.8) is 0 Å². The van der Waals surface area contributed by atoms with Gasteiger partial charge in [-0.1, -0.05) is 74.7 Å². The molecule has 1 aliphatic heterocycles. The van der Waals surface area contributed by atoms with E-state index in [2.05, 4.69) is 31.2 Å².